The Labute approximate surface area is 137 Å². The molecule has 1 aliphatic heterocycles. The number of fused-ring (bicyclic) bond motifs is 2. The van der Waals surface area contributed by atoms with Gasteiger partial charge in [-0.05, 0) is 24.3 Å². The number of alkyl halides is 4. The average Bonchev–Trinajstić information content (AvgIpc) is 2.56. The summed E-state index contributed by atoms with van der Waals surface area (Å²) < 4.78 is 62.9. The van der Waals surface area contributed by atoms with Gasteiger partial charge in [0.1, 0.15) is 0 Å². The van der Waals surface area contributed by atoms with Gasteiger partial charge in [-0.3, -0.25) is 4.79 Å². The minimum atomic E-state index is -4.79. The summed E-state index contributed by atoms with van der Waals surface area (Å²) in [5, 5.41) is 0.428. The van der Waals surface area contributed by atoms with Crippen molar-refractivity contribution in [3.63, 3.8) is 0 Å². The maximum atomic E-state index is 13.4. The number of hydrogen-bond donors (Lipinski definition) is 0. The predicted octanol–water partition coefficient (Wildman–Crippen LogP) is 3.95. The third kappa shape index (κ3) is 2.33. The summed E-state index contributed by atoms with van der Waals surface area (Å²) in [6.07, 6.45) is -8.08. The van der Waals surface area contributed by atoms with Gasteiger partial charge >= 0.3 is 12.2 Å². The summed E-state index contributed by atoms with van der Waals surface area (Å²) >= 11 is 0. The number of rotatable bonds is 1. The van der Waals surface area contributed by atoms with Crippen LogP contribution in [-0.4, -0.2) is 16.8 Å². The first kappa shape index (κ1) is 15.5. The Morgan fingerprint density at radius 2 is 1.52 bits per heavy atom. The third-order valence-corrected chi connectivity index (χ3v) is 3.82. The van der Waals surface area contributed by atoms with Gasteiger partial charge in [0.2, 0.25) is 0 Å². The Bertz CT molecular complexity index is 1050. The Morgan fingerprint density at radius 1 is 0.840 bits per heavy atom. The molecule has 0 radical (unpaired) electrons. The van der Waals surface area contributed by atoms with Gasteiger partial charge in [0.15, 0.2) is 16.9 Å². The molecule has 0 bridgehead atoms. The smallest absolute Gasteiger partial charge is 0.421 e. The molecule has 0 saturated carbocycles. The molecule has 0 aliphatic carbocycles. The molecule has 0 unspecified atom stereocenters. The Hall–Kier alpha value is -3.03. The third-order valence-electron chi connectivity index (χ3n) is 3.82. The van der Waals surface area contributed by atoms with E-state index in [9.17, 15) is 22.4 Å². The minimum Gasteiger partial charge on any atom is -0.421 e. The maximum absolute atomic E-state index is 13.4. The quantitative estimate of drug-likeness (QED) is 0.624. The lowest BCUT2D eigenvalue weighted by molar-refractivity contribution is -0.391. The SMILES string of the molecule is O=c1ccn(-c2ccc3c(c2)OC(F)(F)C(F)(F)O3)c2ccccc12. The number of ether oxygens (including phenoxy) is 2. The molecule has 0 fully saturated rings. The van der Waals surface area contributed by atoms with Crippen molar-refractivity contribution >= 4 is 10.9 Å². The molecule has 128 valence electrons. The zero-order valence-corrected chi connectivity index (χ0v) is 12.4. The molecular weight excluding hydrogens is 342 g/mol. The first-order valence-electron chi connectivity index (χ1n) is 7.17. The lowest BCUT2D eigenvalue weighted by Crippen LogP contribution is -2.52. The van der Waals surface area contributed by atoms with Gasteiger partial charge in [-0.25, -0.2) is 0 Å². The summed E-state index contributed by atoms with van der Waals surface area (Å²) in [6, 6.07) is 11.7. The number of nitrogens with zero attached hydrogens (tertiary/aromatic N) is 1. The second kappa shape index (κ2) is 4.98. The number of benzene rings is 2. The highest BCUT2D eigenvalue weighted by molar-refractivity contribution is 5.80. The first-order chi connectivity index (χ1) is 11.8. The van der Waals surface area contributed by atoms with E-state index in [-0.39, 0.29) is 5.43 Å². The van der Waals surface area contributed by atoms with Crippen molar-refractivity contribution in [1.82, 2.24) is 4.57 Å². The van der Waals surface area contributed by atoms with Crippen molar-refractivity contribution in [2.45, 2.75) is 12.2 Å². The van der Waals surface area contributed by atoms with Crippen molar-refractivity contribution in [3.8, 4) is 17.2 Å². The van der Waals surface area contributed by atoms with Gasteiger partial charge in [0.05, 0.1) is 5.52 Å². The summed E-state index contributed by atoms with van der Waals surface area (Å²) in [7, 11) is 0. The number of para-hydroxylation sites is 1. The maximum Gasteiger partial charge on any atom is 0.507 e. The molecule has 0 spiro atoms. The fourth-order valence-corrected chi connectivity index (χ4v) is 2.64. The number of aromatic nitrogens is 1. The molecule has 4 nitrogen and oxygen atoms in total. The van der Waals surface area contributed by atoms with E-state index in [0.717, 1.165) is 12.1 Å². The van der Waals surface area contributed by atoms with E-state index < -0.39 is 23.7 Å². The molecule has 2 heterocycles. The van der Waals surface area contributed by atoms with Crippen LogP contribution in [0.15, 0.2) is 59.5 Å². The van der Waals surface area contributed by atoms with E-state index in [1.807, 2.05) is 0 Å². The van der Waals surface area contributed by atoms with E-state index in [0.29, 0.717) is 16.6 Å². The molecule has 8 heteroatoms. The van der Waals surface area contributed by atoms with Crippen LogP contribution >= 0.6 is 0 Å². The molecule has 1 aliphatic rings. The monoisotopic (exact) mass is 351 g/mol. The van der Waals surface area contributed by atoms with Crippen LogP contribution in [0.3, 0.4) is 0 Å². The average molecular weight is 351 g/mol. The van der Waals surface area contributed by atoms with Crippen LogP contribution in [0.5, 0.6) is 11.5 Å². The normalized spacial score (nSPS) is 17.4. The van der Waals surface area contributed by atoms with Crippen LogP contribution in [-0.2, 0) is 0 Å². The topological polar surface area (TPSA) is 40.5 Å². The number of pyridine rings is 1. The van der Waals surface area contributed by atoms with Crippen molar-refractivity contribution < 1.29 is 27.0 Å². The van der Waals surface area contributed by atoms with Gasteiger partial charge in [0.25, 0.3) is 0 Å². The highest BCUT2D eigenvalue weighted by Gasteiger charge is 2.65. The molecule has 4 rings (SSSR count). The fourth-order valence-electron chi connectivity index (χ4n) is 2.64. The highest BCUT2D eigenvalue weighted by atomic mass is 19.3. The van der Waals surface area contributed by atoms with E-state index >= 15 is 0 Å². The van der Waals surface area contributed by atoms with Gasteiger partial charge in [-0.2, -0.15) is 17.6 Å². The van der Waals surface area contributed by atoms with E-state index in [1.54, 1.807) is 28.8 Å². The first-order valence-corrected chi connectivity index (χ1v) is 7.17. The highest BCUT2D eigenvalue weighted by Crippen LogP contribution is 2.47. The van der Waals surface area contributed by atoms with Gasteiger partial charge in [-0.1, -0.05) is 12.1 Å². The zero-order chi connectivity index (χ0) is 17.8. The summed E-state index contributed by atoms with van der Waals surface area (Å²) in [6.45, 7) is 0. The van der Waals surface area contributed by atoms with E-state index in [4.69, 9.17) is 0 Å². The number of halogens is 4. The van der Waals surface area contributed by atoms with Gasteiger partial charge in [0, 0.05) is 29.4 Å². The largest absolute Gasteiger partial charge is 0.507 e. The van der Waals surface area contributed by atoms with Crippen LogP contribution in [0.2, 0.25) is 0 Å². The van der Waals surface area contributed by atoms with Crippen molar-refractivity contribution in [3.05, 3.63) is 65.0 Å². The van der Waals surface area contributed by atoms with Crippen LogP contribution in [0.4, 0.5) is 17.6 Å². The second-order valence-electron chi connectivity index (χ2n) is 5.44. The molecule has 1 aromatic heterocycles. The molecule has 0 amide bonds. The Kier molecular flexibility index (Phi) is 3.09. The van der Waals surface area contributed by atoms with Crippen molar-refractivity contribution in [2.75, 3.05) is 0 Å². The fraction of sp³-hybridized carbons (Fsp3) is 0.118. The lowest BCUT2D eigenvalue weighted by atomic mass is 10.2. The second-order valence-corrected chi connectivity index (χ2v) is 5.44. The lowest BCUT2D eigenvalue weighted by Gasteiger charge is -2.32. The molecule has 25 heavy (non-hydrogen) atoms. The van der Waals surface area contributed by atoms with Gasteiger partial charge in [-0.15, -0.1) is 0 Å². The summed E-state index contributed by atoms with van der Waals surface area (Å²) in [4.78, 5) is 11.9. The molecule has 3 aromatic rings. The van der Waals surface area contributed by atoms with Crippen molar-refractivity contribution in [1.29, 1.82) is 0 Å². The van der Waals surface area contributed by atoms with E-state index in [1.165, 1.54) is 18.3 Å². The Balaban J connectivity index is 1.88. The zero-order valence-electron chi connectivity index (χ0n) is 12.4. The van der Waals surface area contributed by atoms with Crippen LogP contribution in [0.25, 0.3) is 16.6 Å². The standard InChI is InChI=1S/C17H9F4NO3/c18-16(19)17(20,21)25-15-9-10(5-6-14(15)24-16)22-8-7-13(23)11-3-1-2-4-12(11)22/h1-9H. The summed E-state index contributed by atoms with van der Waals surface area (Å²) in [5.74, 6) is -1.01. The van der Waals surface area contributed by atoms with Crippen LogP contribution in [0.1, 0.15) is 0 Å². The minimum absolute atomic E-state index is 0.199. The number of hydrogen-bond acceptors (Lipinski definition) is 3. The molecule has 2 aromatic carbocycles. The van der Waals surface area contributed by atoms with Crippen molar-refractivity contribution in [2.24, 2.45) is 0 Å². The summed E-state index contributed by atoms with van der Waals surface area (Å²) in [5.41, 5.74) is 0.680. The van der Waals surface area contributed by atoms with Crippen LogP contribution in [0, 0.1) is 0 Å². The van der Waals surface area contributed by atoms with E-state index in [2.05, 4.69) is 9.47 Å². The molecule has 0 saturated heterocycles. The van der Waals surface area contributed by atoms with Crippen LogP contribution < -0.4 is 14.9 Å². The van der Waals surface area contributed by atoms with Gasteiger partial charge < -0.3 is 14.0 Å². The predicted molar refractivity (Wildman–Crippen MR) is 80.7 cm³/mol. The molecular formula is C17H9F4NO3. The molecule has 0 N–H and O–H groups in total. The Morgan fingerprint density at radius 3 is 2.28 bits per heavy atom. The molecule has 0 atom stereocenters.